The molecule has 2 aliphatic heterocycles. The van der Waals surface area contributed by atoms with Crippen LogP contribution in [0.1, 0.15) is 39.0 Å². The molecule has 3 nitrogen and oxygen atoms in total. The molecule has 0 bridgehead atoms. The Hall–Kier alpha value is 0.300. The quantitative estimate of drug-likeness (QED) is 0.508. The van der Waals surface area contributed by atoms with Crippen LogP contribution in [-0.2, 0) is 9.53 Å². The van der Waals surface area contributed by atoms with Gasteiger partial charge >= 0.3 is 5.97 Å². The van der Waals surface area contributed by atoms with Gasteiger partial charge in [-0.2, -0.15) is 0 Å². The predicted octanol–water partition coefficient (Wildman–Crippen LogP) is 3.26. The normalized spacial score (nSPS) is 44.7. The third-order valence-corrected chi connectivity index (χ3v) is 5.21. The highest BCUT2D eigenvalue weighted by atomic mass is 35.6. The van der Waals surface area contributed by atoms with Crippen molar-refractivity contribution in [2.45, 2.75) is 60.6 Å². The summed E-state index contributed by atoms with van der Waals surface area (Å²) in [6.45, 7) is 1.92. The Labute approximate surface area is 122 Å². The molecule has 2 heterocycles. The molecule has 18 heavy (non-hydrogen) atoms. The Bertz CT molecular complexity index is 384. The van der Waals surface area contributed by atoms with Crippen molar-refractivity contribution in [2.24, 2.45) is 5.92 Å². The lowest BCUT2D eigenvalue weighted by molar-refractivity contribution is -0.145. The lowest BCUT2D eigenvalue weighted by atomic mass is 9.83. The van der Waals surface area contributed by atoms with E-state index < -0.39 is 15.6 Å². The van der Waals surface area contributed by atoms with Crippen molar-refractivity contribution >= 4 is 40.8 Å². The highest BCUT2D eigenvalue weighted by Gasteiger charge is 2.65. The summed E-state index contributed by atoms with van der Waals surface area (Å²) in [6, 6.07) is 0.316. The fourth-order valence-electron chi connectivity index (χ4n) is 3.91. The molecule has 1 saturated carbocycles. The first-order valence-electron chi connectivity index (χ1n) is 6.40. The molecule has 2 saturated heterocycles. The van der Waals surface area contributed by atoms with Gasteiger partial charge in [-0.3, -0.25) is 0 Å². The first kappa shape index (κ1) is 13.3. The van der Waals surface area contributed by atoms with E-state index >= 15 is 0 Å². The van der Waals surface area contributed by atoms with E-state index in [0.29, 0.717) is 12.0 Å². The Morgan fingerprint density at radius 3 is 2.67 bits per heavy atom. The van der Waals surface area contributed by atoms with Crippen LogP contribution in [0.3, 0.4) is 0 Å². The van der Waals surface area contributed by atoms with Gasteiger partial charge in [0.2, 0.25) is 10.0 Å². The van der Waals surface area contributed by atoms with Crippen LogP contribution in [0.5, 0.6) is 0 Å². The van der Waals surface area contributed by atoms with E-state index in [9.17, 15) is 4.79 Å². The summed E-state index contributed by atoms with van der Waals surface area (Å²) in [4.78, 5) is 14.2. The van der Waals surface area contributed by atoms with Gasteiger partial charge in [0.25, 0.3) is 0 Å². The van der Waals surface area contributed by atoms with Crippen molar-refractivity contribution in [1.29, 1.82) is 0 Å². The number of carbonyl (C=O) groups is 1. The van der Waals surface area contributed by atoms with Crippen LogP contribution >= 0.6 is 34.8 Å². The van der Waals surface area contributed by atoms with Gasteiger partial charge in [0.05, 0.1) is 0 Å². The molecule has 0 aromatic carbocycles. The molecular weight excluding hydrogens is 296 g/mol. The number of hydrogen-bond acceptors (Lipinski definition) is 3. The highest BCUT2D eigenvalue weighted by molar-refractivity contribution is 6.68. The SMILES string of the molecule is C[C@]12C[C@@H]3CCCC[C@@H]3N1[C@H](C(Cl)(Cl)Cl)OC2=O. The molecule has 0 radical (unpaired) electrons. The molecule has 4 atom stereocenters. The Morgan fingerprint density at radius 1 is 1.33 bits per heavy atom. The molecular formula is C12H16Cl3NO2. The van der Waals surface area contributed by atoms with E-state index in [-0.39, 0.29) is 5.97 Å². The van der Waals surface area contributed by atoms with Gasteiger partial charge in [-0.1, -0.05) is 47.6 Å². The van der Waals surface area contributed by atoms with Gasteiger partial charge in [0.15, 0.2) is 0 Å². The molecule has 0 N–H and O–H groups in total. The second-order valence-electron chi connectivity index (χ2n) is 5.80. The van der Waals surface area contributed by atoms with Crippen molar-refractivity contribution in [3.8, 4) is 0 Å². The average molecular weight is 313 g/mol. The summed E-state index contributed by atoms with van der Waals surface area (Å²) in [5.41, 5.74) is -0.603. The van der Waals surface area contributed by atoms with E-state index in [4.69, 9.17) is 39.5 Å². The van der Waals surface area contributed by atoms with Gasteiger partial charge in [-0.15, -0.1) is 0 Å². The van der Waals surface area contributed by atoms with E-state index in [1.54, 1.807) is 0 Å². The van der Waals surface area contributed by atoms with Crippen LogP contribution in [0.2, 0.25) is 0 Å². The second kappa shape index (κ2) is 4.15. The van der Waals surface area contributed by atoms with Crippen molar-refractivity contribution in [3.63, 3.8) is 0 Å². The first-order chi connectivity index (χ1) is 8.34. The number of esters is 1. The highest BCUT2D eigenvalue weighted by Crippen LogP contribution is 2.53. The standard InChI is InChI=1S/C12H16Cl3NO2/c1-11-6-7-4-2-3-5-8(7)16(11)9(12(13,14)15)18-10(11)17/h7-9H,2-6H2,1H3/t7-,8-,9-,11+/m0/s1. The number of carbonyl (C=O) groups excluding carboxylic acids is 1. The predicted molar refractivity (Wildman–Crippen MR) is 70.8 cm³/mol. The maximum absolute atomic E-state index is 12.1. The van der Waals surface area contributed by atoms with Crippen molar-refractivity contribution in [3.05, 3.63) is 0 Å². The molecule has 6 heteroatoms. The Balaban J connectivity index is 1.97. The maximum Gasteiger partial charge on any atom is 0.328 e. The van der Waals surface area contributed by atoms with Gasteiger partial charge in [-0.25, -0.2) is 9.69 Å². The number of ether oxygens (including phenoxy) is 1. The summed E-state index contributed by atoms with van der Waals surface area (Å²) >= 11 is 17.9. The summed E-state index contributed by atoms with van der Waals surface area (Å²) in [5.74, 6) is 0.291. The number of cyclic esters (lactones) is 1. The van der Waals surface area contributed by atoms with E-state index in [2.05, 4.69) is 0 Å². The van der Waals surface area contributed by atoms with Crippen molar-refractivity contribution in [1.82, 2.24) is 4.90 Å². The molecule has 102 valence electrons. The molecule has 3 fully saturated rings. The summed E-state index contributed by atoms with van der Waals surface area (Å²) in [7, 11) is 0. The van der Waals surface area contributed by atoms with Crippen LogP contribution in [0.25, 0.3) is 0 Å². The smallest absolute Gasteiger partial charge is 0.328 e. The number of halogens is 3. The zero-order chi connectivity index (χ0) is 13.1. The molecule has 3 aliphatic rings. The van der Waals surface area contributed by atoms with Gasteiger partial charge in [0.1, 0.15) is 5.54 Å². The topological polar surface area (TPSA) is 29.5 Å². The van der Waals surface area contributed by atoms with Gasteiger partial charge in [0, 0.05) is 6.04 Å². The van der Waals surface area contributed by atoms with Crippen LogP contribution in [0.15, 0.2) is 0 Å². The number of alkyl halides is 3. The minimum Gasteiger partial charge on any atom is -0.440 e. The zero-order valence-electron chi connectivity index (χ0n) is 10.2. The molecule has 0 spiro atoms. The van der Waals surface area contributed by atoms with E-state index in [1.807, 2.05) is 11.8 Å². The Kier molecular flexibility index (Phi) is 3.06. The number of nitrogens with zero attached hydrogens (tertiary/aromatic N) is 1. The lowest BCUT2D eigenvalue weighted by Crippen LogP contribution is -2.51. The average Bonchev–Trinajstić information content (AvgIpc) is 2.70. The van der Waals surface area contributed by atoms with Gasteiger partial charge in [-0.05, 0) is 32.1 Å². The third kappa shape index (κ3) is 1.78. The molecule has 0 unspecified atom stereocenters. The number of hydrogen-bond donors (Lipinski definition) is 0. The van der Waals surface area contributed by atoms with E-state index in [1.165, 1.54) is 12.8 Å². The molecule has 0 aromatic rings. The monoisotopic (exact) mass is 311 g/mol. The molecule has 0 aromatic heterocycles. The minimum absolute atomic E-state index is 0.242. The van der Waals surface area contributed by atoms with Crippen molar-refractivity contribution < 1.29 is 9.53 Å². The van der Waals surface area contributed by atoms with Crippen LogP contribution in [0.4, 0.5) is 0 Å². The minimum atomic E-state index is -1.58. The van der Waals surface area contributed by atoms with Crippen LogP contribution in [-0.4, -0.2) is 32.5 Å². The fourth-order valence-corrected chi connectivity index (χ4v) is 4.35. The fraction of sp³-hybridized carbons (Fsp3) is 0.917. The number of rotatable bonds is 0. The van der Waals surface area contributed by atoms with Crippen LogP contribution < -0.4 is 0 Å². The largest absolute Gasteiger partial charge is 0.440 e. The Morgan fingerprint density at radius 2 is 2.00 bits per heavy atom. The number of fused-ring (bicyclic) bond motifs is 3. The summed E-state index contributed by atoms with van der Waals surface area (Å²) in [5, 5.41) is 0. The lowest BCUT2D eigenvalue weighted by Gasteiger charge is -2.37. The molecule has 0 amide bonds. The maximum atomic E-state index is 12.1. The van der Waals surface area contributed by atoms with Gasteiger partial charge < -0.3 is 4.74 Å². The summed E-state index contributed by atoms with van der Waals surface area (Å²) < 4.78 is 3.75. The molecule has 1 aliphatic carbocycles. The zero-order valence-corrected chi connectivity index (χ0v) is 12.4. The first-order valence-corrected chi connectivity index (χ1v) is 7.54. The van der Waals surface area contributed by atoms with Crippen molar-refractivity contribution in [2.75, 3.05) is 0 Å². The second-order valence-corrected chi connectivity index (χ2v) is 8.17. The van der Waals surface area contributed by atoms with Crippen LogP contribution in [0, 0.1) is 5.92 Å². The van der Waals surface area contributed by atoms with E-state index in [0.717, 1.165) is 19.3 Å². The molecule has 3 rings (SSSR count). The summed E-state index contributed by atoms with van der Waals surface area (Å²) in [6.07, 6.45) is 4.72. The third-order valence-electron chi connectivity index (χ3n) is 4.65.